The summed E-state index contributed by atoms with van der Waals surface area (Å²) in [6, 6.07) is 2.76. The molecule has 0 unspecified atom stereocenters. The number of aromatic nitrogens is 2. The highest BCUT2D eigenvalue weighted by molar-refractivity contribution is 5.94. The molecule has 0 saturated carbocycles. The first-order valence-electron chi connectivity index (χ1n) is 6.13. The highest BCUT2D eigenvalue weighted by Gasteiger charge is 2.16. The van der Waals surface area contributed by atoms with E-state index in [1.807, 2.05) is 0 Å². The van der Waals surface area contributed by atoms with Gasteiger partial charge in [-0.25, -0.2) is 9.37 Å². The van der Waals surface area contributed by atoms with Crippen LogP contribution in [0, 0.1) is 12.7 Å². The van der Waals surface area contributed by atoms with Crippen LogP contribution in [0.4, 0.5) is 4.39 Å². The molecule has 1 amide bonds. The van der Waals surface area contributed by atoms with Crippen molar-refractivity contribution in [1.82, 2.24) is 14.7 Å². The van der Waals surface area contributed by atoms with Gasteiger partial charge in [0.15, 0.2) is 0 Å². The Balaban J connectivity index is 2.15. The van der Waals surface area contributed by atoms with Crippen LogP contribution in [0.15, 0.2) is 18.3 Å². The number of amides is 1. The van der Waals surface area contributed by atoms with Crippen molar-refractivity contribution in [2.75, 3.05) is 6.54 Å². The second-order valence-electron chi connectivity index (χ2n) is 4.37. The Morgan fingerprint density at radius 1 is 1.45 bits per heavy atom. The maximum Gasteiger partial charge on any atom is 0.303 e. The summed E-state index contributed by atoms with van der Waals surface area (Å²) in [4.78, 5) is 26.6. The van der Waals surface area contributed by atoms with Crippen molar-refractivity contribution in [3.8, 4) is 0 Å². The Kier molecular flexibility index (Phi) is 3.97. The number of carbonyl (C=O) groups is 2. The minimum Gasteiger partial charge on any atom is -0.481 e. The molecule has 0 aromatic carbocycles. The van der Waals surface area contributed by atoms with Gasteiger partial charge in [-0.15, -0.1) is 0 Å². The lowest BCUT2D eigenvalue weighted by atomic mass is 10.3. The van der Waals surface area contributed by atoms with E-state index < -0.39 is 17.7 Å². The number of imidazole rings is 1. The van der Waals surface area contributed by atoms with Crippen LogP contribution in [0.2, 0.25) is 0 Å². The minimum atomic E-state index is -0.910. The molecular weight excluding hydrogens is 265 g/mol. The number of rotatable bonds is 5. The Bertz CT molecular complexity index is 666. The van der Waals surface area contributed by atoms with E-state index in [9.17, 15) is 14.0 Å². The van der Waals surface area contributed by atoms with Gasteiger partial charge in [0.05, 0.1) is 5.69 Å². The predicted octanol–water partition coefficient (Wildman–Crippen LogP) is 1.38. The molecule has 7 heteroatoms. The van der Waals surface area contributed by atoms with Gasteiger partial charge < -0.3 is 10.4 Å². The Labute approximate surface area is 114 Å². The molecule has 6 nitrogen and oxygen atoms in total. The Morgan fingerprint density at radius 2 is 2.20 bits per heavy atom. The predicted molar refractivity (Wildman–Crippen MR) is 69.1 cm³/mol. The van der Waals surface area contributed by atoms with Crippen molar-refractivity contribution in [3.63, 3.8) is 0 Å². The van der Waals surface area contributed by atoms with E-state index in [-0.39, 0.29) is 18.7 Å². The first kappa shape index (κ1) is 14.0. The maximum atomic E-state index is 13.2. The van der Waals surface area contributed by atoms with Crippen LogP contribution < -0.4 is 5.32 Å². The molecule has 0 saturated heterocycles. The fourth-order valence-corrected chi connectivity index (χ4v) is 1.94. The number of carboxylic acid groups (broad SMARTS) is 1. The summed E-state index contributed by atoms with van der Waals surface area (Å²) in [6.07, 6.45) is 1.52. The van der Waals surface area contributed by atoms with Crippen LogP contribution >= 0.6 is 0 Å². The lowest BCUT2D eigenvalue weighted by Gasteiger charge is -2.05. The van der Waals surface area contributed by atoms with Gasteiger partial charge in [-0.05, 0) is 25.5 Å². The second kappa shape index (κ2) is 5.68. The number of aliphatic carboxylic acids is 1. The Morgan fingerprint density at radius 3 is 2.90 bits per heavy atom. The zero-order valence-corrected chi connectivity index (χ0v) is 10.9. The molecule has 2 aromatic rings. The molecule has 0 aliphatic rings. The molecule has 2 N–H and O–H groups in total. The highest BCUT2D eigenvalue weighted by Crippen LogP contribution is 2.13. The smallest absolute Gasteiger partial charge is 0.303 e. The molecule has 2 aromatic heterocycles. The lowest BCUT2D eigenvalue weighted by molar-refractivity contribution is -0.137. The van der Waals surface area contributed by atoms with Gasteiger partial charge in [-0.3, -0.25) is 14.0 Å². The fourth-order valence-electron chi connectivity index (χ4n) is 1.94. The van der Waals surface area contributed by atoms with Crippen molar-refractivity contribution in [3.05, 3.63) is 35.5 Å². The van der Waals surface area contributed by atoms with Crippen LogP contribution in [0.5, 0.6) is 0 Å². The first-order chi connectivity index (χ1) is 9.49. The number of carboxylic acids is 1. The molecule has 2 rings (SSSR count). The summed E-state index contributed by atoms with van der Waals surface area (Å²) in [6.45, 7) is 1.91. The molecule has 2 heterocycles. The molecule has 0 spiro atoms. The van der Waals surface area contributed by atoms with Crippen LogP contribution in [0.1, 0.15) is 29.0 Å². The fraction of sp³-hybridized carbons (Fsp3) is 0.308. The third-order valence-electron chi connectivity index (χ3n) is 2.82. The minimum absolute atomic E-state index is 0.0129. The van der Waals surface area contributed by atoms with Crippen molar-refractivity contribution in [1.29, 1.82) is 0 Å². The number of carbonyl (C=O) groups excluding carboxylic acids is 1. The van der Waals surface area contributed by atoms with Crippen LogP contribution in [0.3, 0.4) is 0 Å². The van der Waals surface area contributed by atoms with E-state index in [1.165, 1.54) is 22.7 Å². The number of halogens is 1. The molecular formula is C13H14FN3O3. The van der Waals surface area contributed by atoms with Gasteiger partial charge >= 0.3 is 5.97 Å². The van der Waals surface area contributed by atoms with Crippen molar-refractivity contribution >= 4 is 17.5 Å². The second-order valence-corrected chi connectivity index (χ2v) is 4.37. The van der Waals surface area contributed by atoms with Gasteiger partial charge in [0.2, 0.25) is 0 Å². The third kappa shape index (κ3) is 2.93. The highest BCUT2D eigenvalue weighted by atomic mass is 19.1. The molecule has 0 fully saturated rings. The topological polar surface area (TPSA) is 83.7 Å². The van der Waals surface area contributed by atoms with Crippen LogP contribution in [0.25, 0.3) is 5.65 Å². The van der Waals surface area contributed by atoms with Gasteiger partial charge in [0.1, 0.15) is 17.2 Å². The monoisotopic (exact) mass is 279 g/mol. The molecule has 20 heavy (non-hydrogen) atoms. The molecule has 0 aliphatic heterocycles. The number of nitrogens with one attached hydrogen (secondary N) is 1. The zero-order chi connectivity index (χ0) is 14.7. The number of hydrogen-bond acceptors (Lipinski definition) is 3. The Hall–Kier alpha value is -2.44. The summed E-state index contributed by atoms with van der Waals surface area (Å²) in [7, 11) is 0. The van der Waals surface area contributed by atoms with E-state index in [2.05, 4.69) is 10.3 Å². The normalized spacial score (nSPS) is 10.7. The van der Waals surface area contributed by atoms with E-state index >= 15 is 0 Å². The summed E-state index contributed by atoms with van der Waals surface area (Å²) >= 11 is 0. The maximum absolute atomic E-state index is 13.2. The third-order valence-corrected chi connectivity index (χ3v) is 2.82. The average Bonchev–Trinajstić information content (AvgIpc) is 2.69. The molecule has 0 radical (unpaired) electrons. The quantitative estimate of drug-likeness (QED) is 0.810. The lowest BCUT2D eigenvalue weighted by Crippen LogP contribution is -2.26. The van der Waals surface area contributed by atoms with Crippen molar-refractivity contribution < 1.29 is 19.1 Å². The van der Waals surface area contributed by atoms with Crippen LogP contribution in [-0.4, -0.2) is 32.9 Å². The van der Waals surface area contributed by atoms with E-state index in [4.69, 9.17) is 5.11 Å². The molecule has 0 atom stereocenters. The largest absolute Gasteiger partial charge is 0.481 e. The van der Waals surface area contributed by atoms with Crippen LogP contribution in [-0.2, 0) is 4.79 Å². The standard InChI is InChI=1S/C13H14FN3O3/c1-8-12(13(20)15-6-2-3-11(18)19)17-7-9(14)4-5-10(17)16-8/h4-5,7H,2-3,6H2,1H3,(H,15,20)(H,18,19). The van der Waals surface area contributed by atoms with Gasteiger partial charge in [0.25, 0.3) is 5.91 Å². The molecule has 106 valence electrons. The number of hydrogen-bond donors (Lipinski definition) is 2. The van der Waals surface area contributed by atoms with E-state index in [1.54, 1.807) is 6.92 Å². The molecule has 0 bridgehead atoms. The average molecular weight is 279 g/mol. The van der Waals surface area contributed by atoms with Gasteiger partial charge in [-0.2, -0.15) is 0 Å². The van der Waals surface area contributed by atoms with Crippen molar-refractivity contribution in [2.24, 2.45) is 0 Å². The van der Waals surface area contributed by atoms with E-state index in [0.29, 0.717) is 17.8 Å². The summed E-state index contributed by atoms with van der Waals surface area (Å²) < 4.78 is 14.6. The number of fused-ring (bicyclic) bond motifs is 1. The number of nitrogens with zero attached hydrogens (tertiary/aromatic N) is 2. The molecule has 0 aliphatic carbocycles. The van der Waals surface area contributed by atoms with Gasteiger partial charge in [0, 0.05) is 19.2 Å². The SMILES string of the molecule is Cc1nc2ccc(F)cn2c1C(=O)NCCCC(=O)O. The summed E-state index contributed by atoms with van der Waals surface area (Å²) in [5.74, 6) is -1.77. The van der Waals surface area contributed by atoms with Crippen molar-refractivity contribution in [2.45, 2.75) is 19.8 Å². The number of pyridine rings is 1. The first-order valence-corrected chi connectivity index (χ1v) is 6.13. The van der Waals surface area contributed by atoms with E-state index in [0.717, 1.165) is 0 Å². The van der Waals surface area contributed by atoms with Gasteiger partial charge in [-0.1, -0.05) is 0 Å². The number of aryl methyl sites for hydroxylation is 1. The summed E-state index contributed by atoms with van der Waals surface area (Å²) in [5.41, 5.74) is 1.24. The summed E-state index contributed by atoms with van der Waals surface area (Å²) in [5, 5.41) is 11.1. The zero-order valence-electron chi connectivity index (χ0n) is 10.9.